The Kier molecular flexibility index (Phi) is 4.73. The predicted molar refractivity (Wildman–Crippen MR) is 78.6 cm³/mol. The fourth-order valence-electron chi connectivity index (χ4n) is 1.41. The van der Waals surface area contributed by atoms with Gasteiger partial charge in [0.05, 0.1) is 17.2 Å². The topological polar surface area (TPSA) is 22.1 Å². The Morgan fingerprint density at radius 2 is 2.00 bits per heavy atom. The number of ether oxygens (including phenoxy) is 1. The highest BCUT2D eigenvalue weighted by molar-refractivity contribution is 9.10. The highest BCUT2D eigenvalue weighted by atomic mass is 79.9. The van der Waals surface area contributed by atoms with Gasteiger partial charge >= 0.3 is 0 Å². The molecule has 0 aliphatic heterocycles. The first-order valence-corrected chi connectivity index (χ1v) is 7.79. The first-order chi connectivity index (χ1) is 8.20. The lowest BCUT2D eigenvalue weighted by atomic mass is 10.2. The van der Waals surface area contributed by atoms with Crippen molar-refractivity contribution in [2.45, 2.75) is 13.5 Å². The third-order valence-electron chi connectivity index (χ3n) is 2.29. The van der Waals surface area contributed by atoms with Crippen molar-refractivity contribution in [3.8, 4) is 10.6 Å². The zero-order chi connectivity index (χ0) is 12.3. The first-order valence-electron chi connectivity index (χ1n) is 5.06. The molecule has 1 aromatic carbocycles. The molecule has 2 nitrogen and oxygen atoms in total. The van der Waals surface area contributed by atoms with Crippen LogP contribution < -0.4 is 0 Å². The Labute approximate surface area is 121 Å². The van der Waals surface area contributed by atoms with E-state index in [1.165, 1.54) is 4.88 Å². The van der Waals surface area contributed by atoms with E-state index < -0.39 is 0 Å². The van der Waals surface area contributed by atoms with Gasteiger partial charge in [-0.2, -0.15) is 0 Å². The summed E-state index contributed by atoms with van der Waals surface area (Å²) < 4.78 is 6.43. The number of halogens is 2. The van der Waals surface area contributed by atoms with Crippen LogP contribution in [0.4, 0.5) is 0 Å². The molecule has 1 aromatic heterocycles. The molecule has 0 saturated heterocycles. The maximum Gasteiger partial charge on any atom is 0.123 e. The lowest BCUT2D eigenvalue weighted by molar-refractivity contribution is 0.174. The summed E-state index contributed by atoms with van der Waals surface area (Å²) in [4.78, 5) is 5.75. The number of alkyl halides is 1. The molecular formula is C12H11Br2NOS. The van der Waals surface area contributed by atoms with Crippen LogP contribution in [0.1, 0.15) is 10.6 Å². The van der Waals surface area contributed by atoms with Crippen LogP contribution in [0, 0.1) is 6.92 Å². The van der Waals surface area contributed by atoms with E-state index in [0.29, 0.717) is 12.1 Å². The summed E-state index contributed by atoms with van der Waals surface area (Å²) in [7, 11) is 0. The first kappa shape index (κ1) is 13.2. The quantitative estimate of drug-likeness (QED) is 0.718. The smallest absolute Gasteiger partial charge is 0.123 e. The fourth-order valence-corrected chi connectivity index (χ4v) is 2.84. The van der Waals surface area contributed by atoms with Crippen molar-refractivity contribution in [3.05, 3.63) is 39.3 Å². The summed E-state index contributed by atoms with van der Waals surface area (Å²) in [6, 6.07) is 8.19. The average molecular weight is 377 g/mol. The van der Waals surface area contributed by atoms with Crippen molar-refractivity contribution in [1.82, 2.24) is 4.98 Å². The molecule has 0 unspecified atom stereocenters. The van der Waals surface area contributed by atoms with Crippen LogP contribution in [0.15, 0.2) is 28.7 Å². The summed E-state index contributed by atoms with van der Waals surface area (Å²) in [6.45, 7) is 2.64. The normalized spacial score (nSPS) is 10.8. The number of benzene rings is 1. The molecule has 0 atom stereocenters. The second kappa shape index (κ2) is 6.09. The Balaban J connectivity index is 2.24. The van der Waals surface area contributed by atoms with Crippen molar-refractivity contribution in [2.75, 3.05) is 5.52 Å². The number of rotatable bonds is 4. The largest absolute Gasteiger partial charge is 0.365 e. The third kappa shape index (κ3) is 3.37. The summed E-state index contributed by atoms with van der Waals surface area (Å²) in [5.41, 5.74) is 2.75. The van der Waals surface area contributed by atoms with Crippen LogP contribution in [-0.2, 0) is 11.3 Å². The van der Waals surface area contributed by atoms with Crippen LogP contribution >= 0.6 is 43.2 Å². The number of hydrogen-bond donors (Lipinski definition) is 0. The average Bonchev–Trinajstić information content (AvgIpc) is 2.69. The van der Waals surface area contributed by atoms with Crippen molar-refractivity contribution in [1.29, 1.82) is 0 Å². The molecule has 0 N–H and O–H groups in total. The van der Waals surface area contributed by atoms with E-state index >= 15 is 0 Å². The molecule has 0 bridgehead atoms. The van der Waals surface area contributed by atoms with E-state index in [4.69, 9.17) is 4.74 Å². The molecule has 90 valence electrons. The van der Waals surface area contributed by atoms with Crippen LogP contribution in [0.5, 0.6) is 0 Å². The predicted octanol–water partition coefficient (Wildman–Crippen LogP) is 4.75. The molecule has 5 heteroatoms. The second-order valence-corrected chi connectivity index (χ2v) is 5.95. The lowest BCUT2D eigenvalue weighted by Gasteiger charge is -1.96. The van der Waals surface area contributed by atoms with E-state index in [-0.39, 0.29) is 0 Å². The number of thiazole rings is 1. The summed E-state index contributed by atoms with van der Waals surface area (Å²) in [5, 5.41) is 1.04. The van der Waals surface area contributed by atoms with Crippen molar-refractivity contribution in [3.63, 3.8) is 0 Å². The van der Waals surface area contributed by atoms with Gasteiger partial charge < -0.3 is 4.74 Å². The minimum atomic E-state index is 0.554. The Hall–Kier alpha value is -0.230. The molecule has 0 amide bonds. The van der Waals surface area contributed by atoms with Gasteiger partial charge in [-0.3, -0.25) is 0 Å². The van der Waals surface area contributed by atoms with E-state index in [2.05, 4.69) is 49.0 Å². The Bertz CT molecular complexity index is 496. The van der Waals surface area contributed by atoms with E-state index in [1.807, 2.05) is 19.1 Å². The molecule has 2 aromatic rings. The van der Waals surface area contributed by atoms with E-state index in [9.17, 15) is 0 Å². The fraction of sp³-hybridized carbons (Fsp3) is 0.250. The van der Waals surface area contributed by atoms with Gasteiger partial charge in [-0.1, -0.05) is 44.0 Å². The Morgan fingerprint density at radius 1 is 1.29 bits per heavy atom. The standard InChI is InChI=1S/C12H11Br2NOS/c1-8-11(6-16-7-13)17-12(15-8)9-2-4-10(14)5-3-9/h2-5H,6-7H2,1H3. The lowest BCUT2D eigenvalue weighted by Crippen LogP contribution is -1.88. The summed E-state index contributed by atoms with van der Waals surface area (Å²) >= 11 is 8.36. The van der Waals surface area contributed by atoms with Gasteiger partial charge in [0.15, 0.2) is 0 Å². The third-order valence-corrected chi connectivity index (χ3v) is 4.33. The zero-order valence-electron chi connectivity index (χ0n) is 9.24. The highest BCUT2D eigenvalue weighted by Gasteiger charge is 2.09. The van der Waals surface area contributed by atoms with Gasteiger partial charge in [-0.05, 0) is 19.1 Å². The van der Waals surface area contributed by atoms with E-state index in [1.54, 1.807) is 11.3 Å². The van der Waals surface area contributed by atoms with Crippen LogP contribution in [0.2, 0.25) is 0 Å². The summed E-state index contributed by atoms with van der Waals surface area (Å²) in [5.74, 6) is 0. The minimum Gasteiger partial charge on any atom is -0.365 e. The molecule has 2 rings (SSSR count). The number of nitrogens with zero attached hydrogens (tertiary/aromatic N) is 1. The van der Waals surface area contributed by atoms with Gasteiger partial charge in [-0.15, -0.1) is 11.3 Å². The van der Waals surface area contributed by atoms with Gasteiger partial charge in [0, 0.05) is 10.0 Å². The Morgan fingerprint density at radius 3 is 2.65 bits per heavy atom. The van der Waals surface area contributed by atoms with Crippen LogP contribution in [0.3, 0.4) is 0 Å². The maximum absolute atomic E-state index is 5.35. The molecule has 0 saturated carbocycles. The van der Waals surface area contributed by atoms with E-state index in [0.717, 1.165) is 20.7 Å². The number of aryl methyl sites for hydroxylation is 1. The van der Waals surface area contributed by atoms with Gasteiger partial charge in [-0.25, -0.2) is 4.98 Å². The molecule has 1 heterocycles. The van der Waals surface area contributed by atoms with Gasteiger partial charge in [0.1, 0.15) is 10.5 Å². The van der Waals surface area contributed by atoms with Crippen LogP contribution in [-0.4, -0.2) is 10.5 Å². The monoisotopic (exact) mass is 375 g/mol. The van der Waals surface area contributed by atoms with Crippen LogP contribution in [0.25, 0.3) is 10.6 Å². The maximum atomic E-state index is 5.35. The minimum absolute atomic E-state index is 0.554. The molecule has 0 aliphatic carbocycles. The van der Waals surface area contributed by atoms with Gasteiger partial charge in [0.2, 0.25) is 0 Å². The van der Waals surface area contributed by atoms with Crippen molar-refractivity contribution in [2.24, 2.45) is 0 Å². The van der Waals surface area contributed by atoms with Crippen molar-refractivity contribution >= 4 is 43.2 Å². The molecule has 17 heavy (non-hydrogen) atoms. The molecule has 0 fully saturated rings. The number of hydrogen-bond acceptors (Lipinski definition) is 3. The van der Waals surface area contributed by atoms with Crippen molar-refractivity contribution < 1.29 is 4.74 Å². The summed E-state index contributed by atoms with van der Waals surface area (Å²) in [6.07, 6.45) is 0. The van der Waals surface area contributed by atoms with Gasteiger partial charge in [0.25, 0.3) is 0 Å². The SMILES string of the molecule is Cc1nc(-c2ccc(Br)cc2)sc1COCBr. The molecule has 0 aliphatic rings. The second-order valence-electron chi connectivity index (χ2n) is 3.49. The number of aromatic nitrogens is 1. The molecular weight excluding hydrogens is 366 g/mol. The zero-order valence-corrected chi connectivity index (χ0v) is 13.2. The highest BCUT2D eigenvalue weighted by Crippen LogP contribution is 2.29. The molecule has 0 radical (unpaired) electrons. The molecule has 0 spiro atoms.